The molecule has 2 N–H and O–H groups in total. The summed E-state index contributed by atoms with van der Waals surface area (Å²) in [5, 5.41) is 6.71. The van der Waals surface area contributed by atoms with Gasteiger partial charge in [-0.05, 0) is 27.8 Å². The first-order valence-electron chi connectivity index (χ1n) is 6.50. The van der Waals surface area contributed by atoms with Gasteiger partial charge in [0.05, 0.1) is 12.2 Å². The molecule has 2 aromatic rings. The van der Waals surface area contributed by atoms with Gasteiger partial charge in [-0.2, -0.15) is 0 Å². The number of rotatable bonds is 6. The van der Waals surface area contributed by atoms with Crippen LogP contribution in [0.4, 0.5) is 0 Å². The van der Waals surface area contributed by atoms with Gasteiger partial charge < -0.3 is 14.3 Å². The monoisotopic (exact) mass is 313 g/mol. The molecule has 0 amide bonds. The molecule has 0 aromatic carbocycles. The Hall–Kier alpha value is -1.64. The van der Waals surface area contributed by atoms with Crippen molar-refractivity contribution in [3.63, 3.8) is 0 Å². The molecule has 0 saturated carbocycles. The van der Waals surface area contributed by atoms with Gasteiger partial charge in [0.2, 0.25) is 10.0 Å². The second-order valence-corrected chi connectivity index (χ2v) is 6.51. The second-order valence-electron chi connectivity index (χ2n) is 4.81. The van der Waals surface area contributed by atoms with Crippen LogP contribution in [0.3, 0.4) is 0 Å². The Balaban J connectivity index is 2.27. The van der Waals surface area contributed by atoms with Crippen LogP contribution in [0.2, 0.25) is 0 Å². The summed E-state index contributed by atoms with van der Waals surface area (Å²) in [6, 6.07) is 1.69. The van der Waals surface area contributed by atoms with Gasteiger partial charge in [0.25, 0.3) is 0 Å². The van der Waals surface area contributed by atoms with Crippen molar-refractivity contribution in [2.45, 2.75) is 38.8 Å². The quantitative estimate of drug-likeness (QED) is 0.836. The maximum absolute atomic E-state index is 12.5. The standard InChI is InChI=1S/C13H19N3O4S/c1-8-5-11(16-20-8)6-15-21(17,18)13-10(3)19-9(2)12(13)7-14-4/h5,14-15H,6-7H2,1-4H3. The molecule has 0 aliphatic carbocycles. The first-order valence-corrected chi connectivity index (χ1v) is 7.98. The van der Waals surface area contributed by atoms with Crippen LogP contribution in [-0.2, 0) is 23.1 Å². The number of aromatic nitrogens is 1. The summed E-state index contributed by atoms with van der Waals surface area (Å²) in [5.41, 5.74) is 1.17. The molecule has 0 spiro atoms. The van der Waals surface area contributed by atoms with Crippen molar-refractivity contribution in [3.8, 4) is 0 Å². The summed E-state index contributed by atoms with van der Waals surface area (Å²) in [6.45, 7) is 5.63. The lowest BCUT2D eigenvalue weighted by Gasteiger charge is -2.07. The molecule has 8 heteroatoms. The van der Waals surface area contributed by atoms with Crippen molar-refractivity contribution in [2.24, 2.45) is 0 Å². The van der Waals surface area contributed by atoms with Gasteiger partial charge in [0.1, 0.15) is 22.2 Å². The molecular weight excluding hydrogens is 294 g/mol. The number of aryl methyl sites for hydroxylation is 3. The Morgan fingerprint density at radius 2 is 1.90 bits per heavy atom. The molecule has 2 rings (SSSR count). The third-order valence-corrected chi connectivity index (χ3v) is 4.66. The molecular formula is C13H19N3O4S. The number of hydrogen-bond acceptors (Lipinski definition) is 6. The number of nitrogens with zero attached hydrogens (tertiary/aromatic N) is 1. The molecule has 0 unspecified atom stereocenters. The molecule has 0 aliphatic heterocycles. The van der Waals surface area contributed by atoms with Gasteiger partial charge >= 0.3 is 0 Å². The number of sulfonamides is 1. The summed E-state index contributed by atoms with van der Waals surface area (Å²) < 4.78 is 37.8. The summed E-state index contributed by atoms with van der Waals surface area (Å²) in [7, 11) is -1.92. The SMILES string of the molecule is CNCc1c(C)oc(C)c1S(=O)(=O)NCc1cc(C)on1. The summed E-state index contributed by atoms with van der Waals surface area (Å²) in [4.78, 5) is 0.189. The Kier molecular flexibility index (Phi) is 4.50. The van der Waals surface area contributed by atoms with E-state index in [9.17, 15) is 8.42 Å². The molecule has 0 aliphatic rings. The number of nitrogens with one attached hydrogen (secondary N) is 2. The second kappa shape index (κ2) is 6.00. The first kappa shape index (κ1) is 15.7. The summed E-state index contributed by atoms with van der Waals surface area (Å²) in [5.74, 6) is 1.61. The Bertz CT molecular complexity index is 731. The van der Waals surface area contributed by atoms with Crippen LogP contribution in [0, 0.1) is 20.8 Å². The van der Waals surface area contributed by atoms with Crippen LogP contribution in [0.1, 0.15) is 28.5 Å². The fourth-order valence-corrected chi connectivity index (χ4v) is 3.63. The molecule has 0 atom stereocenters. The van der Waals surface area contributed by atoms with E-state index in [2.05, 4.69) is 15.2 Å². The molecule has 21 heavy (non-hydrogen) atoms. The Morgan fingerprint density at radius 3 is 2.48 bits per heavy atom. The maximum atomic E-state index is 12.5. The van der Waals surface area contributed by atoms with Crippen molar-refractivity contribution in [3.05, 3.63) is 34.6 Å². The van der Waals surface area contributed by atoms with Crippen LogP contribution >= 0.6 is 0 Å². The van der Waals surface area contributed by atoms with E-state index in [-0.39, 0.29) is 11.4 Å². The minimum absolute atomic E-state index is 0.0718. The van der Waals surface area contributed by atoms with Gasteiger partial charge in [-0.3, -0.25) is 0 Å². The zero-order valence-electron chi connectivity index (χ0n) is 12.5. The highest BCUT2D eigenvalue weighted by atomic mass is 32.2. The van der Waals surface area contributed by atoms with Crippen LogP contribution in [0.5, 0.6) is 0 Å². The lowest BCUT2D eigenvalue weighted by atomic mass is 10.2. The molecule has 0 saturated heterocycles. The first-order chi connectivity index (χ1) is 9.85. The van der Waals surface area contributed by atoms with Crippen molar-refractivity contribution >= 4 is 10.0 Å². The molecule has 0 bridgehead atoms. The average molecular weight is 313 g/mol. The highest BCUT2D eigenvalue weighted by Crippen LogP contribution is 2.26. The van der Waals surface area contributed by atoms with Crippen LogP contribution in [-0.4, -0.2) is 20.6 Å². The molecule has 0 radical (unpaired) electrons. The van der Waals surface area contributed by atoms with E-state index in [0.717, 1.165) is 0 Å². The summed E-state index contributed by atoms with van der Waals surface area (Å²) >= 11 is 0. The number of hydrogen-bond donors (Lipinski definition) is 2. The fraction of sp³-hybridized carbons (Fsp3) is 0.462. The lowest BCUT2D eigenvalue weighted by molar-refractivity contribution is 0.390. The summed E-state index contributed by atoms with van der Waals surface area (Å²) in [6.07, 6.45) is 0. The molecule has 116 valence electrons. The van der Waals surface area contributed by atoms with E-state index >= 15 is 0 Å². The normalized spacial score (nSPS) is 12.0. The Morgan fingerprint density at radius 1 is 1.19 bits per heavy atom. The topological polar surface area (TPSA) is 97.4 Å². The lowest BCUT2D eigenvalue weighted by Crippen LogP contribution is -2.25. The van der Waals surface area contributed by atoms with Crippen molar-refractivity contribution in [1.82, 2.24) is 15.2 Å². The minimum Gasteiger partial charge on any atom is -0.465 e. The highest BCUT2D eigenvalue weighted by Gasteiger charge is 2.26. The van der Waals surface area contributed by atoms with Gasteiger partial charge in [0, 0.05) is 18.2 Å². The van der Waals surface area contributed by atoms with E-state index in [1.807, 2.05) is 0 Å². The molecule has 7 nitrogen and oxygen atoms in total. The van der Waals surface area contributed by atoms with E-state index in [4.69, 9.17) is 8.94 Å². The highest BCUT2D eigenvalue weighted by molar-refractivity contribution is 7.89. The van der Waals surface area contributed by atoms with Crippen LogP contribution < -0.4 is 10.0 Å². The van der Waals surface area contributed by atoms with Crippen LogP contribution in [0.25, 0.3) is 0 Å². The van der Waals surface area contributed by atoms with E-state index in [0.29, 0.717) is 35.1 Å². The van der Waals surface area contributed by atoms with Gasteiger partial charge in [-0.1, -0.05) is 5.16 Å². The predicted molar refractivity (Wildman–Crippen MR) is 76.2 cm³/mol. The maximum Gasteiger partial charge on any atom is 0.244 e. The predicted octanol–water partition coefficient (Wildman–Crippen LogP) is 1.39. The van der Waals surface area contributed by atoms with E-state index in [1.54, 1.807) is 33.9 Å². The Labute approximate surface area is 123 Å². The zero-order valence-corrected chi connectivity index (χ0v) is 13.3. The fourth-order valence-electron chi connectivity index (χ4n) is 2.19. The van der Waals surface area contributed by atoms with Gasteiger partial charge in [0.15, 0.2) is 0 Å². The average Bonchev–Trinajstić information content (AvgIpc) is 2.92. The third-order valence-electron chi connectivity index (χ3n) is 3.07. The molecule has 2 heterocycles. The van der Waals surface area contributed by atoms with Gasteiger partial charge in [-0.25, -0.2) is 13.1 Å². The van der Waals surface area contributed by atoms with Crippen molar-refractivity contribution in [2.75, 3.05) is 7.05 Å². The molecule has 0 fully saturated rings. The van der Waals surface area contributed by atoms with E-state index < -0.39 is 10.0 Å². The van der Waals surface area contributed by atoms with E-state index in [1.165, 1.54) is 0 Å². The zero-order chi connectivity index (χ0) is 15.6. The van der Waals surface area contributed by atoms with Gasteiger partial charge in [-0.15, -0.1) is 0 Å². The van der Waals surface area contributed by atoms with Crippen molar-refractivity contribution < 1.29 is 17.4 Å². The third kappa shape index (κ3) is 3.34. The van der Waals surface area contributed by atoms with Crippen molar-refractivity contribution in [1.29, 1.82) is 0 Å². The minimum atomic E-state index is -3.68. The number of furan rings is 1. The largest absolute Gasteiger partial charge is 0.465 e. The smallest absolute Gasteiger partial charge is 0.244 e. The molecule has 2 aromatic heterocycles. The van der Waals surface area contributed by atoms with Crippen LogP contribution in [0.15, 0.2) is 19.9 Å².